The molecule has 2 saturated heterocycles. The Morgan fingerprint density at radius 1 is 1.34 bits per heavy atom. The molecule has 1 spiro atoms. The van der Waals surface area contributed by atoms with Gasteiger partial charge in [0.2, 0.25) is 0 Å². The van der Waals surface area contributed by atoms with Gasteiger partial charge in [-0.3, -0.25) is 9.69 Å². The van der Waals surface area contributed by atoms with E-state index in [1.54, 1.807) is 0 Å². The van der Waals surface area contributed by atoms with Crippen LogP contribution in [-0.2, 0) is 14.3 Å². The number of carbonyl (C=O) groups is 1. The molecule has 3 unspecified atom stereocenters. The van der Waals surface area contributed by atoms with Crippen molar-refractivity contribution in [2.45, 2.75) is 83.5 Å². The van der Waals surface area contributed by atoms with Gasteiger partial charge in [-0.25, -0.2) is 0 Å². The van der Waals surface area contributed by atoms with Gasteiger partial charge in [-0.05, 0) is 74.0 Å². The summed E-state index contributed by atoms with van der Waals surface area (Å²) >= 11 is 0. The van der Waals surface area contributed by atoms with Crippen molar-refractivity contribution in [1.82, 2.24) is 4.90 Å². The predicted molar refractivity (Wildman–Crippen MR) is 121 cm³/mol. The van der Waals surface area contributed by atoms with E-state index in [0.29, 0.717) is 18.1 Å². The Morgan fingerprint density at radius 2 is 2.12 bits per heavy atom. The van der Waals surface area contributed by atoms with E-state index in [-0.39, 0.29) is 34.9 Å². The Morgan fingerprint density at radius 3 is 2.84 bits per heavy atom. The lowest BCUT2D eigenvalue weighted by atomic mass is 9.44. The Bertz CT molecular complexity index is 924. The first-order chi connectivity index (χ1) is 15.1. The van der Waals surface area contributed by atoms with E-state index >= 15 is 0 Å². The molecule has 2 bridgehead atoms. The molecule has 3 saturated carbocycles. The normalized spacial score (nSPS) is 42.6. The smallest absolute Gasteiger partial charge is 0.311 e. The maximum atomic E-state index is 12.7. The largest absolute Gasteiger partial charge is 0.485 e. The number of rotatable bonds is 4. The van der Waals surface area contributed by atoms with Crippen LogP contribution in [0.1, 0.15) is 65.7 Å². The van der Waals surface area contributed by atoms with E-state index in [2.05, 4.69) is 17.6 Å². The van der Waals surface area contributed by atoms with E-state index in [9.17, 15) is 9.90 Å². The molecule has 2 aliphatic heterocycles. The summed E-state index contributed by atoms with van der Waals surface area (Å²) < 4.78 is 12.5. The zero-order valence-corrected chi connectivity index (χ0v) is 19.7. The molecule has 5 fully saturated rings. The van der Waals surface area contributed by atoms with Crippen LogP contribution in [0, 0.1) is 28.6 Å². The standard InChI is InChI=1S/C27H37NO4/c1-16-9-10-27(30)20-13-18-7-8-19(31-21(29)14-25(2,3)4)23-22(18)26(27,24(16)32-23)11-12-28(20)15-17-5-6-17/h7-8,17-18,20,22,24,30H,1,5-6,9-15H2,2-4H3/t18?,20?,22?,24-,26-,27+/m0/s1. The molecule has 6 atom stereocenters. The molecule has 6 rings (SSSR count). The van der Waals surface area contributed by atoms with Crippen molar-refractivity contribution in [1.29, 1.82) is 0 Å². The van der Waals surface area contributed by atoms with Gasteiger partial charge in [-0.15, -0.1) is 0 Å². The zero-order chi connectivity index (χ0) is 22.5. The van der Waals surface area contributed by atoms with Gasteiger partial charge in [0.05, 0.1) is 17.4 Å². The number of esters is 1. The Labute approximate surface area is 191 Å². The number of ether oxygens (including phenoxy) is 2. The number of piperidine rings is 1. The SMILES string of the molecule is C=C1CC[C@@]2(O)C3CC4C=CC(OC(=O)CC(C)(C)C)=C5O[C@@H]1[C@]2(CCN3CC1CC1)C54. The van der Waals surface area contributed by atoms with E-state index in [4.69, 9.17) is 9.47 Å². The van der Waals surface area contributed by atoms with Crippen LogP contribution in [0.5, 0.6) is 0 Å². The van der Waals surface area contributed by atoms with Crippen molar-refractivity contribution in [3.05, 3.63) is 35.8 Å². The van der Waals surface area contributed by atoms with Crippen molar-refractivity contribution < 1.29 is 19.4 Å². The van der Waals surface area contributed by atoms with Crippen LogP contribution < -0.4 is 0 Å². The van der Waals surface area contributed by atoms with E-state index in [0.717, 1.165) is 56.0 Å². The Balaban J connectivity index is 1.39. The van der Waals surface area contributed by atoms with Crippen LogP contribution in [0.2, 0.25) is 0 Å². The van der Waals surface area contributed by atoms with Crippen molar-refractivity contribution in [2.24, 2.45) is 28.6 Å². The molecular formula is C27H37NO4. The summed E-state index contributed by atoms with van der Waals surface area (Å²) in [4.78, 5) is 15.3. The molecule has 6 aliphatic rings. The molecule has 5 heteroatoms. The van der Waals surface area contributed by atoms with Crippen molar-refractivity contribution >= 4 is 5.97 Å². The van der Waals surface area contributed by atoms with Crippen LogP contribution in [0.4, 0.5) is 0 Å². The number of carbonyl (C=O) groups excluding carboxylic acids is 1. The molecule has 0 aromatic rings. The second kappa shape index (κ2) is 6.73. The number of likely N-dealkylation sites (tertiary alicyclic amines) is 1. The van der Waals surface area contributed by atoms with Crippen molar-refractivity contribution in [3.8, 4) is 0 Å². The van der Waals surface area contributed by atoms with Crippen LogP contribution in [0.3, 0.4) is 0 Å². The molecule has 32 heavy (non-hydrogen) atoms. The molecule has 4 aliphatic carbocycles. The lowest BCUT2D eigenvalue weighted by Crippen LogP contribution is -2.75. The summed E-state index contributed by atoms with van der Waals surface area (Å²) in [6.45, 7) is 12.6. The highest BCUT2D eigenvalue weighted by Crippen LogP contribution is 2.70. The molecule has 2 heterocycles. The zero-order valence-electron chi connectivity index (χ0n) is 19.7. The molecule has 0 aromatic carbocycles. The minimum absolute atomic E-state index is 0.0660. The van der Waals surface area contributed by atoms with Crippen LogP contribution in [0.25, 0.3) is 0 Å². The summed E-state index contributed by atoms with van der Waals surface area (Å²) in [5.74, 6) is 2.31. The second-order valence-corrected chi connectivity index (χ2v) is 12.5. The summed E-state index contributed by atoms with van der Waals surface area (Å²) in [6, 6.07) is 0.172. The Kier molecular flexibility index (Phi) is 4.41. The summed E-state index contributed by atoms with van der Waals surface area (Å²) in [5, 5.41) is 12.4. The van der Waals surface area contributed by atoms with Gasteiger partial charge >= 0.3 is 5.97 Å². The van der Waals surface area contributed by atoms with Crippen LogP contribution in [0.15, 0.2) is 35.8 Å². The number of allylic oxidation sites excluding steroid dienone is 3. The van der Waals surface area contributed by atoms with E-state index < -0.39 is 5.60 Å². The van der Waals surface area contributed by atoms with Gasteiger partial charge in [-0.2, -0.15) is 0 Å². The molecular weight excluding hydrogens is 402 g/mol. The molecule has 0 radical (unpaired) electrons. The number of hydrogen-bond acceptors (Lipinski definition) is 5. The predicted octanol–water partition coefficient (Wildman–Crippen LogP) is 4.33. The topological polar surface area (TPSA) is 59.0 Å². The average Bonchev–Trinajstić information content (AvgIpc) is 3.43. The lowest BCUT2D eigenvalue weighted by molar-refractivity contribution is -0.240. The van der Waals surface area contributed by atoms with Gasteiger partial charge in [0.25, 0.3) is 0 Å². The molecule has 5 nitrogen and oxygen atoms in total. The van der Waals surface area contributed by atoms with Crippen LogP contribution in [-0.4, -0.2) is 46.8 Å². The minimum Gasteiger partial charge on any atom is -0.485 e. The summed E-state index contributed by atoms with van der Waals surface area (Å²) in [6.07, 6.45) is 10.4. The van der Waals surface area contributed by atoms with E-state index in [1.807, 2.05) is 26.8 Å². The first-order valence-electron chi connectivity index (χ1n) is 12.6. The summed E-state index contributed by atoms with van der Waals surface area (Å²) in [5.41, 5.74) is -0.182. The second-order valence-electron chi connectivity index (χ2n) is 12.5. The number of nitrogens with zero attached hydrogens (tertiary/aromatic N) is 1. The maximum Gasteiger partial charge on any atom is 0.311 e. The van der Waals surface area contributed by atoms with E-state index in [1.165, 1.54) is 12.8 Å². The monoisotopic (exact) mass is 439 g/mol. The highest BCUT2D eigenvalue weighted by molar-refractivity contribution is 5.72. The fraction of sp³-hybridized carbons (Fsp3) is 0.741. The number of hydrogen-bond donors (Lipinski definition) is 1. The molecule has 0 aromatic heterocycles. The molecule has 1 N–H and O–H groups in total. The first kappa shape index (κ1) is 21.0. The fourth-order valence-corrected chi connectivity index (χ4v) is 7.66. The average molecular weight is 440 g/mol. The third-order valence-corrected chi connectivity index (χ3v) is 9.11. The number of aliphatic hydroxyl groups is 1. The maximum absolute atomic E-state index is 12.7. The lowest BCUT2D eigenvalue weighted by Gasteiger charge is -2.66. The first-order valence-corrected chi connectivity index (χ1v) is 12.6. The fourth-order valence-electron chi connectivity index (χ4n) is 7.66. The molecule has 0 amide bonds. The van der Waals surface area contributed by atoms with Gasteiger partial charge in [-0.1, -0.05) is 33.4 Å². The minimum atomic E-state index is -0.777. The van der Waals surface area contributed by atoms with Crippen molar-refractivity contribution in [3.63, 3.8) is 0 Å². The van der Waals surface area contributed by atoms with Crippen molar-refractivity contribution in [2.75, 3.05) is 13.1 Å². The third kappa shape index (κ3) is 2.86. The quantitative estimate of drug-likeness (QED) is 0.522. The summed E-state index contributed by atoms with van der Waals surface area (Å²) in [7, 11) is 0. The van der Waals surface area contributed by atoms with Gasteiger partial charge in [0.1, 0.15) is 11.9 Å². The highest BCUT2D eigenvalue weighted by atomic mass is 16.6. The molecule has 174 valence electrons. The van der Waals surface area contributed by atoms with Gasteiger partial charge in [0, 0.05) is 18.5 Å². The van der Waals surface area contributed by atoms with Crippen LogP contribution >= 0.6 is 0 Å². The van der Waals surface area contributed by atoms with Gasteiger partial charge < -0.3 is 14.6 Å². The highest BCUT2D eigenvalue weighted by Gasteiger charge is 2.76. The Hall–Kier alpha value is -1.59. The third-order valence-electron chi connectivity index (χ3n) is 9.11. The van der Waals surface area contributed by atoms with Gasteiger partial charge in [0.15, 0.2) is 5.76 Å².